The third-order valence-corrected chi connectivity index (χ3v) is 3.47. The number of hydrogen-bond acceptors (Lipinski definition) is 3. The Balaban J connectivity index is 2.25. The van der Waals surface area contributed by atoms with Gasteiger partial charge in [0.1, 0.15) is 0 Å². The summed E-state index contributed by atoms with van der Waals surface area (Å²) in [6, 6.07) is 8.16. The molecular formula is C12H14O3. The van der Waals surface area contributed by atoms with Crippen molar-refractivity contribution in [3.05, 3.63) is 35.4 Å². The van der Waals surface area contributed by atoms with Gasteiger partial charge in [0.15, 0.2) is 0 Å². The molecule has 2 aliphatic heterocycles. The summed E-state index contributed by atoms with van der Waals surface area (Å²) < 4.78 is 5.87. The van der Waals surface area contributed by atoms with Crippen molar-refractivity contribution in [1.29, 1.82) is 0 Å². The average Bonchev–Trinajstić information content (AvgIpc) is 2.53. The van der Waals surface area contributed by atoms with E-state index in [9.17, 15) is 0 Å². The molecule has 3 nitrogen and oxygen atoms in total. The van der Waals surface area contributed by atoms with Crippen molar-refractivity contribution < 1.29 is 14.5 Å². The molecule has 15 heavy (non-hydrogen) atoms. The topological polar surface area (TPSA) is 27.7 Å². The average molecular weight is 206 g/mol. The predicted molar refractivity (Wildman–Crippen MR) is 53.9 cm³/mol. The third-order valence-electron chi connectivity index (χ3n) is 3.47. The molecule has 1 saturated heterocycles. The van der Waals surface area contributed by atoms with E-state index in [4.69, 9.17) is 14.5 Å². The predicted octanol–water partition coefficient (Wildman–Crippen LogP) is 2.67. The zero-order valence-corrected chi connectivity index (χ0v) is 9.11. The standard InChI is InChI=1S/C12H14O3/c1-8-9-6-4-5-7-10(9)12(3)13-11(8,2)14-15-12/h4-8H,1-3H3/t8?,11-,12+/m0/s1. The van der Waals surface area contributed by atoms with Crippen LogP contribution < -0.4 is 0 Å². The van der Waals surface area contributed by atoms with Gasteiger partial charge >= 0.3 is 0 Å². The number of fused-ring (bicyclic) bond motifs is 4. The molecular weight excluding hydrogens is 192 g/mol. The van der Waals surface area contributed by atoms with Gasteiger partial charge < -0.3 is 4.74 Å². The summed E-state index contributed by atoms with van der Waals surface area (Å²) in [6.45, 7) is 5.90. The first-order chi connectivity index (χ1) is 7.05. The van der Waals surface area contributed by atoms with Crippen LogP contribution in [0.4, 0.5) is 0 Å². The normalized spacial score (nSPS) is 42.7. The van der Waals surface area contributed by atoms with E-state index >= 15 is 0 Å². The van der Waals surface area contributed by atoms with Gasteiger partial charge in [-0.3, -0.25) is 0 Å². The van der Waals surface area contributed by atoms with Crippen LogP contribution in [0.3, 0.4) is 0 Å². The maximum atomic E-state index is 5.87. The molecule has 2 bridgehead atoms. The summed E-state index contributed by atoms with van der Waals surface area (Å²) in [5.74, 6) is -1.25. The molecule has 2 aliphatic rings. The van der Waals surface area contributed by atoms with Crippen LogP contribution in [0.1, 0.15) is 37.8 Å². The molecule has 0 spiro atoms. The molecule has 1 unspecified atom stereocenters. The van der Waals surface area contributed by atoms with Gasteiger partial charge in [0.25, 0.3) is 0 Å². The van der Waals surface area contributed by atoms with Crippen LogP contribution in [0, 0.1) is 0 Å². The van der Waals surface area contributed by atoms with Gasteiger partial charge in [0.2, 0.25) is 11.6 Å². The Morgan fingerprint density at radius 2 is 1.87 bits per heavy atom. The first kappa shape index (κ1) is 9.33. The second-order valence-corrected chi connectivity index (χ2v) is 4.54. The molecule has 0 aromatic heterocycles. The monoisotopic (exact) mass is 206 g/mol. The largest absolute Gasteiger partial charge is 0.308 e. The molecule has 80 valence electrons. The molecule has 0 amide bonds. The van der Waals surface area contributed by atoms with Crippen molar-refractivity contribution in [3.63, 3.8) is 0 Å². The Morgan fingerprint density at radius 3 is 2.67 bits per heavy atom. The van der Waals surface area contributed by atoms with Crippen molar-refractivity contribution in [1.82, 2.24) is 0 Å². The fourth-order valence-electron chi connectivity index (χ4n) is 2.41. The first-order valence-electron chi connectivity index (χ1n) is 5.22. The molecule has 0 saturated carbocycles. The van der Waals surface area contributed by atoms with Crippen LogP contribution in [0.15, 0.2) is 24.3 Å². The Kier molecular flexibility index (Phi) is 1.63. The van der Waals surface area contributed by atoms with E-state index in [0.29, 0.717) is 0 Å². The van der Waals surface area contributed by atoms with Crippen molar-refractivity contribution in [2.45, 2.75) is 38.3 Å². The first-order valence-corrected chi connectivity index (χ1v) is 5.22. The molecule has 1 aromatic rings. The van der Waals surface area contributed by atoms with E-state index in [1.54, 1.807) is 0 Å². The molecule has 3 heteroatoms. The summed E-state index contributed by atoms with van der Waals surface area (Å²) in [6.07, 6.45) is 0. The highest BCUT2D eigenvalue weighted by Crippen LogP contribution is 2.53. The zero-order valence-electron chi connectivity index (χ0n) is 9.11. The minimum absolute atomic E-state index is 0.171. The lowest BCUT2D eigenvalue weighted by Gasteiger charge is -2.36. The van der Waals surface area contributed by atoms with E-state index in [2.05, 4.69) is 13.0 Å². The van der Waals surface area contributed by atoms with Gasteiger partial charge in [-0.25, -0.2) is 0 Å². The Morgan fingerprint density at radius 1 is 1.13 bits per heavy atom. The molecule has 3 rings (SSSR count). The fourth-order valence-corrected chi connectivity index (χ4v) is 2.41. The van der Waals surface area contributed by atoms with Gasteiger partial charge in [0, 0.05) is 11.5 Å². The van der Waals surface area contributed by atoms with Crippen molar-refractivity contribution in [2.24, 2.45) is 0 Å². The number of hydrogen-bond donors (Lipinski definition) is 0. The van der Waals surface area contributed by atoms with Crippen LogP contribution in [0.2, 0.25) is 0 Å². The molecule has 0 aliphatic carbocycles. The summed E-state index contributed by atoms with van der Waals surface area (Å²) in [5, 5.41) is 0. The van der Waals surface area contributed by atoms with E-state index < -0.39 is 11.6 Å². The Labute approximate surface area is 88.9 Å². The minimum atomic E-state index is -0.752. The van der Waals surface area contributed by atoms with Crippen LogP contribution in [-0.2, 0) is 20.3 Å². The highest BCUT2D eigenvalue weighted by Gasteiger charge is 2.57. The van der Waals surface area contributed by atoms with Gasteiger partial charge in [-0.1, -0.05) is 31.2 Å². The Hall–Kier alpha value is -0.900. The Bertz CT molecular complexity index is 417. The van der Waals surface area contributed by atoms with Crippen LogP contribution >= 0.6 is 0 Å². The summed E-state index contributed by atoms with van der Waals surface area (Å²) in [4.78, 5) is 10.7. The SMILES string of the molecule is CC1c2ccccc2[C@@]2(C)OO[C@]1(C)O2. The quantitative estimate of drug-likeness (QED) is 0.611. The summed E-state index contributed by atoms with van der Waals surface area (Å²) in [5.41, 5.74) is 2.30. The number of benzene rings is 1. The van der Waals surface area contributed by atoms with Gasteiger partial charge in [-0.2, -0.15) is 9.78 Å². The van der Waals surface area contributed by atoms with E-state index in [1.165, 1.54) is 5.56 Å². The minimum Gasteiger partial charge on any atom is -0.308 e. The zero-order chi connectivity index (χ0) is 10.7. The van der Waals surface area contributed by atoms with E-state index in [-0.39, 0.29) is 5.92 Å². The van der Waals surface area contributed by atoms with Crippen molar-refractivity contribution in [2.75, 3.05) is 0 Å². The third kappa shape index (κ3) is 1.06. The fraction of sp³-hybridized carbons (Fsp3) is 0.500. The number of rotatable bonds is 0. The molecule has 1 aromatic carbocycles. The second-order valence-electron chi connectivity index (χ2n) is 4.54. The molecule has 0 radical (unpaired) electrons. The lowest BCUT2D eigenvalue weighted by molar-refractivity contribution is -0.346. The second kappa shape index (κ2) is 2.61. The highest BCUT2D eigenvalue weighted by atomic mass is 17.3. The van der Waals surface area contributed by atoms with Crippen LogP contribution in [0.5, 0.6) is 0 Å². The van der Waals surface area contributed by atoms with Crippen LogP contribution in [-0.4, -0.2) is 5.79 Å². The molecule has 1 fully saturated rings. The number of ether oxygens (including phenoxy) is 1. The van der Waals surface area contributed by atoms with E-state index in [0.717, 1.165) is 5.56 Å². The maximum absolute atomic E-state index is 5.87. The van der Waals surface area contributed by atoms with E-state index in [1.807, 2.05) is 32.0 Å². The summed E-state index contributed by atoms with van der Waals surface area (Å²) in [7, 11) is 0. The smallest absolute Gasteiger partial charge is 0.228 e. The lowest BCUT2D eigenvalue weighted by atomic mass is 9.84. The van der Waals surface area contributed by atoms with Crippen molar-refractivity contribution in [3.8, 4) is 0 Å². The molecule has 0 N–H and O–H groups in total. The summed E-state index contributed by atoms with van der Waals surface area (Å²) >= 11 is 0. The molecule has 3 atom stereocenters. The van der Waals surface area contributed by atoms with Gasteiger partial charge in [-0.15, -0.1) is 0 Å². The van der Waals surface area contributed by atoms with Crippen LogP contribution in [0.25, 0.3) is 0 Å². The molecule has 2 heterocycles. The highest BCUT2D eigenvalue weighted by molar-refractivity contribution is 5.37. The van der Waals surface area contributed by atoms with Crippen molar-refractivity contribution >= 4 is 0 Å². The maximum Gasteiger partial charge on any atom is 0.228 e. The van der Waals surface area contributed by atoms with Gasteiger partial charge in [0.05, 0.1) is 0 Å². The lowest BCUT2D eigenvalue weighted by Crippen LogP contribution is -2.40. The van der Waals surface area contributed by atoms with Gasteiger partial charge in [-0.05, 0) is 19.4 Å².